The van der Waals surface area contributed by atoms with Gasteiger partial charge in [-0.25, -0.2) is 0 Å². The van der Waals surface area contributed by atoms with Gasteiger partial charge in [0.1, 0.15) is 5.69 Å². The van der Waals surface area contributed by atoms with Crippen LogP contribution in [0.5, 0.6) is 0 Å². The molecule has 0 aliphatic carbocycles. The predicted molar refractivity (Wildman–Crippen MR) is 58.9 cm³/mol. The second-order valence-corrected chi connectivity index (χ2v) is 3.31. The minimum absolute atomic E-state index is 0.161. The largest absolute Gasteiger partial charge is 0.364 e. The van der Waals surface area contributed by atoms with Gasteiger partial charge in [-0.3, -0.25) is 4.98 Å². The van der Waals surface area contributed by atoms with Crippen molar-refractivity contribution in [3.8, 4) is 11.4 Å². The maximum absolute atomic E-state index is 10.6. The summed E-state index contributed by atoms with van der Waals surface area (Å²) in [6.45, 7) is 1.85. The van der Waals surface area contributed by atoms with Crippen LogP contribution in [0.2, 0.25) is 0 Å². The van der Waals surface area contributed by atoms with Crippen LogP contribution in [0.3, 0.4) is 0 Å². The summed E-state index contributed by atoms with van der Waals surface area (Å²) in [5.74, 6) is -0.161. The highest BCUT2D eigenvalue weighted by Gasteiger charge is 2.15. The number of rotatable bonds is 2. The Morgan fingerprint density at radius 2 is 2.06 bits per heavy atom. The number of nitro groups is 1. The Balaban J connectivity index is 2.56. The van der Waals surface area contributed by atoms with Crippen molar-refractivity contribution in [2.45, 2.75) is 6.92 Å². The zero-order chi connectivity index (χ0) is 11.5. The van der Waals surface area contributed by atoms with Crippen LogP contribution in [0.4, 0.5) is 5.82 Å². The van der Waals surface area contributed by atoms with Crippen LogP contribution in [-0.4, -0.2) is 14.9 Å². The SMILES string of the molecule is Cc1ccc([N+](=O)[O-])nc1-c1ccccn1. The van der Waals surface area contributed by atoms with Gasteiger partial charge in [-0.2, -0.15) is 0 Å². The predicted octanol–water partition coefficient (Wildman–Crippen LogP) is 2.36. The molecular weight excluding hydrogens is 206 g/mol. The number of pyridine rings is 2. The monoisotopic (exact) mass is 215 g/mol. The molecule has 0 saturated carbocycles. The van der Waals surface area contributed by atoms with E-state index in [2.05, 4.69) is 9.97 Å². The molecule has 2 aromatic rings. The molecule has 0 aliphatic rings. The van der Waals surface area contributed by atoms with Gasteiger partial charge in [0.15, 0.2) is 0 Å². The summed E-state index contributed by atoms with van der Waals surface area (Å²) in [6.07, 6.45) is 1.63. The lowest BCUT2D eigenvalue weighted by atomic mass is 10.1. The minimum Gasteiger partial charge on any atom is -0.358 e. The Labute approximate surface area is 91.9 Å². The summed E-state index contributed by atoms with van der Waals surface area (Å²) in [6, 6.07) is 8.45. The Hall–Kier alpha value is -2.30. The first kappa shape index (κ1) is 10.2. The third-order valence-electron chi connectivity index (χ3n) is 2.18. The summed E-state index contributed by atoms with van der Waals surface area (Å²) < 4.78 is 0. The molecule has 2 rings (SSSR count). The number of nitrogens with zero attached hydrogens (tertiary/aromatic N) is 3. The quantitative estimate of drug-likeness (QED) is 0.569. The van der Waals surface area contributed by atoms with Crippen LogP contribution < -0.4 is 0 Å². The molecule has 2 aromatic heterocycles. The second-order valence-electron chi connectivity index (χ2n) is 3.31. The summed E-state index contributed by atoms with van der Waals surface area (Å²) in [5, 5.41) is 10.6. The Morgan fingerprint density at radius 3 is 2.69 bits per heavy atom. The molecule has 0 atom stereocenters. The van der Waals surface area contributed by atoms with E-state index in [4.69, 9.17) is 0 Å². The molecule has 0 unspecified atom stereocenters. The normalized spacial score (nSPS) is 10.1. The van der Waals surface area contributed by atoms with Crippen molar-refractivity contribution in [2.75, 3.05) is 0 Å². The number of aromatic nitrogens is 2. The van der Waals surface area contributed by atoms with E-state index in [9.17, 15) is 10.1 Å². The first-order valence-electron chi connectivity index (χ1n) is 4.72. The van der Waals surface area contributed by atoms with E-state index in [0.717, 1.165) is 5.56 Å². The molecule has 2 heterocycles. The molecular formula is C11H9N3O2. The zero-order valence-electron chi connectivity index (χ0n) is 8.62. The van der Waals surface area contributed by atoms with Crippen molar-refractivity contribution in [1.82, 2.24) is 9.97 Å². The van der Waals surface area contributed by atoms with E-state index in [1.165, 1.54) is 6.07 Å². The van der Waals surface area contributed by atoms with Gasteiger partial charge < -0.3 is 10.1 Å². The van der Waals surface area contributed by atoms with Crippen LogP contribution in [0.15, 0.2) is 36.5 Å². The molecule has 0 amide bonds. The molecule has 5 heteroatoms. The summed E-state index contributed by atoms with van der Waals surface area (Å²) in [5.41, 5.74) is 2.06. The van der Waals surface area contributed by atoms with E-state index in [1.807, 2.05) is 13.0 Å². The molecule has 0 saturated heterocycles. The molecule has 0 fully saturated rings. The van der Waals surface area contributed by atoms with E-state index in [0.29, 0.717) is 11.4 Å². The number of aryl methyl sites for hydroxylation is 1. The van der Waals surface area contributed by atoms with Crippen LogP contribution >= 0.6 is 0 Å². The fraction of sp³-hybridized carbons (Fsp3) is 0.0909. The van der Waals surface area contributed by atoms with Gasteiger partial charge >= 0.3 is 5.82 Å². The maximum Gasteiger partial charge on any atom is 0.364 e. The fourth-order valence-electron chi connectivity index (χ4n) is 1.38. The second kappa shape index (κ2) is 4.06. The smallest absolute Gasteiger partial charge is 0.358 e. The van der Waals surface area contributed by atoms with Gasteiger partial charge in [0.25, 0.3) is 0 Å². The topological polar surface area (TPSA) is 68.9 Å². The molecule has 0 spiro atoms. The highest BCUT2D eigenvalue weighted by molar-refractivity contribution is 5.59. The highest BCUT2D eigenvalue weighted by Crippen LogP contribution is 2.21. The third kappa shape index (κ3) is 1.88. The van der Waals surface area contributed by atoms with Crippen molar-refractivity contribution in [3.63, 3.8) is 0 Å². The Bertz CT molecular complexity index is 526. The number of hydrogen-bond donors (Lipinski definition) is 0. The van der Waals surface area contributed by atoms with Gasteiger partial charge in [0, 0.05) is 17.8 Å². The fourth-order valence-corrected chi connectivity index (χ4v) is 1.38. The Kier molecular flexibility index (Phi) is 2.59. The summed E-state index contributed by atoms with van der Waals surface area (Å²) in [7, 11) is 0. The lowest BCUT2D eigenvalue weighted by molar-refractivity contribution is -0.389. The first-order valence-corrected chi connectivity index (χ1v) is 4.72. The number of hydrogen-bond acceptors (Lipinski definition) is 4. The van der Waals surface area contributed by atoms with Crippen molar-refractivity contribution >= 4 is 5.82 Å². The van der Waals surface area contributed by atoms with Gasteiger partial charge in [0.05, 0.1) is 0 Å². The van der Waals surface area contributed by atoms with E-state index in [1.54, 1.807) is 24.4 Å². The molecule has 5 nitrogen and oxygen atoms in total. The van der Waals surface area contributed by atoms with Gasteiger partial charge in [-0.15, -0.1) is 0 Å². The third-order valence-corrected chi connectivity index (χ3v) is 2.18. The van der Waals surface area contributed by atoms with Crippen LogP contribution in [0, 0.1) is 17.0 Å². The first-order chi connectivity index (χ1) is 7.68. The van der Waals surface area contributed by atoms with Crippen LogP contribution in [0.1, 0.15) is 5.56 Å². The van der Waals surface area contributed by atoms with Crippen LogP contribution in [-0.2, 0) is 0 Å². The average Bonchev–Trinajstić information content (AvgIpc) is 2.30. The molecule has 0 bridgehead atoms. The van der Waals surface area contributed by atoms with Crippen molar-refractivity contribution in [1.29, 1.82) is 0 Å². The van der Waals surface area contributed by atoms with E-state index in [-0.39, 0.29) is 5.82 Å². The van der Waals surface area contributed by atoms with Gasteiger partial charge in [-0.1, -0.05) is 6.07 Å². The average molecular weight is 215 g/mol. The maximum atomic E-state index is 10.6. The van der Waals surface area contributed by atoms with E-state index < -0.39 is 4.92 Å². The van der Waals surface area contributed by atoms with Gasteiger partial charge in [0.2, 0.25) is 5.69 Å². The van der Waals surface area contributed by atoms with Crippen molar-refractivity contribution in [2.24, 2.45) is 0 Å². The van der Waals surface area contributed by atoms with Crippen molar-refractivity contribution < 1.29 is 4.92 Å². The highest BCUT2D eigenvalue weighted by atomic mass is 16.6. The molecule has 0 aromatic carbocycles. The van der Waals surface area contributed by atoms with Crippen LogP contribution in [0.25, 0.3) is 11.4 Å². The minimum atomic E-state index is -0.508. The summed E-state index contributed by atoms with van der Waals surface area (Å²) in [4.78, 5) is 18.2. The molecule has 0 N–H and O–H groups in total. The molecule has 0 radical (unpaired) electrons. The molecule has 0 aliphatic heterocycles. The standard InChI is InChI=1S/C11H9N3O2/c1-8-5-6-10(14(15)16)13-11(8)9-4-2-3-7-12-9/h2-7H,1H3. The van der Waals surface area contributed by atoms with Crippen molar-refractivity contribution in [3.05, 3.63) is 52.2 Å². The molecule has 80 valence electrons. The van der Waals surface area contributed by atoms with E-state index >= 15 is 0 Å². The summed E-state index contributed by atoms with van der Waals surface area (Å²) >= 11 is 0. The molecule has 16 heavy (non-hydrogen) atoms. The lowest BCUT2D eigenvalue weighted by Gasteiger charge is -1.99. The lowest BCUT2D eigenvalue weighted by Crippen LogP contribution is -1.96. The van der Waals surface area contributed by atoms with Gasteiger partial charge in [-0.05, 0) is 35.0 Å². The zero-order valence-corrected chi connectivity index (χ0v) is 8.62. The Morgan fingerprint density at radius 1 is 1.25 bits per heavy atom.